The van der Waals surface area contributed by atoms with Crippen molar-refractivity contribution < 1.29 is 0 Å². The fourth-order valence-corrected chi connectivity index (χ4v) is 2.35. The van der Waals surface area contributed by atoms with E-state index in [1.54, 1.807) is 0 Å². The zero-order valence-corrected chi connectivity index (χ0v) is 11.7. The highest BCUT2D eigenvalue weighted by atomic mass is 15.1. The molecule has 102 valence electrons. The molecule has 3 nitrogen and oxygen atoms in total. The molecule has 0 saturated heterocycles. The molecule has 0 saturated carbocycles. The summed E-state index contributed by atoms with van der Waals surface area (Å²) in [6.45, 7) is 3.17. The van der Waals surface area contributed by atoms with Gasteiger partial charge in [-0.15, -0.1) is 0 Å². The molecule has 1 N–H and O–H groups in total. The predicted octanol–water partition coefficient (Wildman–Crippen LogP) is 4.21. The van der Waals surface area contributed by atoms with Gasteiger partial charge in [0.2, 0.25) is 0 Å². The molecule has 0 unspecified atom stereocenters. The number of pyridine rings is 1. The molecule has 0 aliphatic heterocycles. The Bertz CT molecular complexity index is 686. The normalized spacial score (nSPS) is 10.8. The predicted molar refractivity (Wildman–Crippen MR) is 84.0 cm³/mol. The van der Waals surface area contributed by atoms with E-state index in [9.17, 15) is 0 Å². The van der Waals surface area contributed by atoms with Crippen molar-refractivity contribution in [3.8, 4) is 11.3 Å². The maximum atomic E-state index is 4.76. The second-order valence-electron chi connectivity index (χ2n) is 4.88. The molecule has 20 heavy (non-hydrogen) atoms. The van der Waals surface area contributed by atoms with Gasteiger partial charge < -0.3 is 5.32 Å². The Labute approximate surface area is 119 Å². The average molecular weight is 265 g/mol. The number of aromatic nitrogens is 2. The van der Waals surface area contributed by atoms with E-state index in [1.165, 1.54) is 6.42 Å². The average Bonchev–Trinajstić information content (AvgIpc) is 2.87. The van der Waals surface area contributed by atoms with Crippen molar-refractivity contribution in [1.29, 1.82) is 0 Å². The summed E-state index contributed by atoms with van der Waals surface area (Å²) in [6, 6.07) is 16.4. The minimum Gasteiger partial charge on any atom is -0.369 e. The van der Waals surface area contributed by atoms with Gasteiger partial charge in [-0.3, -0.25) is 4.40 Å². The van der Waals surface area contributed by atoms with E-state index >= 15 is 0 Å². The molecule has 0 aliphatic rings. The van der Waals surface area contributed by atoms with Crippen LogP contribution in [0.3, 0.4) is 0 Å². The Morgan fingerprint density at radius 1 is 1.05 bits per heavy atom. The number of benzene rings is 1. The van der Waals surface area contributed by atoms with Gasteiger partial charge in [0.25, 0.3) is 0 Å². The van der Waals surface area contributed by atoms with Crippen molar-refractivity contribution in [3.05, 3.63) is 54.7 Å². The monoisotopic (exact) mass is 265 g/mol. The number of unbranched alkanes of at least 4 members (excludes halogenated alkanes) is 1. The van der Waals surface area contributed by atoms with Crippen molar-refractivity contribution in [2.75, 3.05) is 11.9 Å². The fourth-order valence-electron chi connectivity index (χ4n) is 2.35. The highest BCUT2D eigenvalue weighted by Gasteiger charge is 2.12. The number of rotatable bonds is 5. The molecule has 3 rings (SSSR count). The topological polar surface area (TPSA) is 29.3 Å². The lowest BCUT2D eigenvalue weighted by atomic mass is 10.1. The lowest BCUT2D eigenvalue weighted by Crippen LogP contribution is -2.04. The van der Waals surface area contributed by atoms with Gasteiger partial charge in [-0.05, 0) is 18.6 Å². The summed E-state index contributed by atoms with van der Waals surface area (Å²) in [5.41, 5.74) is 3.15. The lowest BCUT2D eigenvalue weighted by Gasteiger charge is -2.08. The second kappa shape index (κ2) is 5.78. The standard InChI is InChI=1S/C17H19N3/c1-2-3-12-18-17-16(14-9-5-4-6-10-14)19-15-11-7-8-13-20(15)17/h4-11,13,18H,2-3,12H2,1H3. The molecule has 1 aromatic carbocycles. The van der Waals surface area contributed by atoms with E-state index < -0.39 is 0 Å². The molecule has 0 atom stereocenters. The number of imidazole rings is 1. The first-order valence-electron chi connectivity index (χ1n) is 7.16. The number of hydrogen-bond acceptors (Lipinski definition) is 2. The van der Waals surface area contributed by atoms with Crippen molar-refractivity contribution in [2.45, 2.75) is 19.8 Å². The summed E-state index contributed by atoms with van der Waals surface area (Å²) in [5, 5.41) is 3.54. The van der Waals surface area contributed by atoms with Gasteiger partial charge in [-0.1, -0.05) is 49.7 Å². The van der Waals surface area contributed by atoms with Gasteiger partial charge in [-0.2, -0.15) is 0 Å². The summed E-state index contributed by atoms with van der Waals surface area (Å²) in [7, 11) is 0. The van der Waals surface area contributed by atoms with Gasteiger partial charge >= 0.3 is 0 Å². The highest BCUT2D eigenvalue weighted by molar-refractivity contribution is 5.76. The first kappa shape index (κ1) is 12.7. The van der Waals surface area contributed by atoms with E-state index in [1.807, 2.05) is 24.3 Å². The Morgan fingerprint density at radius 3 is 2.65 bits per heavy atom. The quantitative estimate of drug-likeness (QED) is 0.700. The molecule has 0 fully saturated rings. The van der Waals surface area contributed by atoms with Gasteiger partial charge in [0.1, 0.15) is 17.2 Å². The van der Waals surface area contributed by atoms with Gasteiger partial charge in [0.05, 0.1) is 0 Å². The van der Waals surface area contributed by atoms with Crippen molar-refractivity contribution >= 4 is 11.5 Å². The third kappa shape index (κ3) is 2.39. The summed E-state index contributed by atoms with van der Waals surface area (Å²) in [4.78, 5) is 4.76. The van der Waals surface area contributed by atoms with Crippen LogP contribution in [-0.2, 0) is 0 Å². The summed E-state index contributed by atoms with van der Waals surface area (Å²) in [5.74, 6) is 1.08. The minimum absolute atomic E-state index is 0.971. The van der Waals surface area contributed by atoms with E-state index in [0.717, 1.165) is 35.7 Å². The van der Waals surface area contributed by atoms with Gasteiger partial charge in [0.15, 0.2) is 0 Å². The van der Waals surface area contributed by atoms with Crippen LogP contribution in [0.4, 0.5) is 5.82 Å². The molecule has 0 bridgehead atoms. The van der Waals surface area contributed by atoms with Crippen LogP contribution >= 0.6 is 0 Å². The van der Waals surface area contributed by atoms with E-state index in [4.69, 9.17) is 4.98 Å². The summed E-state index contributed by atoms with van der Waals surface area (Å²) in [6.07, 6.45) is 4.40. The number of hydrogen-bond donors (Lipinski definition) is 1. The molecule has 0 aliphatic carbocycles. The highest BCUT2D eigenvalue weighted by Crippen LogP contribution is 2.28. The van der Waals surface area contributed by atoms with Crippen LogP contribution in [0.1, 0.15) is 19.8 Å². The number of nitrogens with zero attached hydrogens (tertiary/aromatic N) is 2. The van der Waals surface area contributed by atoms with Crippen LogP contribution in [0.25, 0.3) is 16.9 Å². The minimum atomic E-state index is 0.971. The Kier molecular flexibility index (Phi) is 3.68. The van der Waals surface area contributed by atoms with Crippen molar-refractivity contribution in [1.82, 2.24) is 9.38 Å². The first-order valence-corrected chi connectivity index (χ1v) is 7.16. The van der Waals surface area contributed by atoms with Crippen LogP contribution in [0, 0.1) is 0 Å². The molecule has 3 aromatic rings. The van der Waals surface area contributed by atoms with Crippen LogP contribution in [0.15, 0.2) is 54.7 Å². The second-order valence-corrected chi connectivity index (χ2v) is 4.88. The molecule has 0 radical (unpaired) electrons. The van der Waals surface area contributed by atoms with Crippen LogP contribution in [0.2, 0.25) is 0 Å². The largest absolute Gasteiger partial charge is 0.369 e. The number of nitrogens with one attached hydrogen (secondary N) is 1. The Balaban J connectivity index is 2.08. The lowest BCUT2D eigenvalue weighted by molar-refractivity contribution is 0.830. The third-order valence-corrected chi connectivity index (χ3v) is 3.40. The molecule has 3 heteroatoms. The summed E-state index contributed by atoms with van der Waals surface area (Å²) < 4.78 is 2.12. The van der Waals surface area contributed by atoms with Crippen molar-refractivity contribution in [3.63, 3.8) is 0 Å². The maximum absolute atomic E-state index is 4.76. The molecule has 2 aromatic heterocycles. The van der Waals surface area contributed by atoms with E-state index in [2.05, 4.69) is 47.1 Å². The molecular formula is C17H19N3. The van der Waals surface area contributed by atoms with Crippen LogP contribution < -0.4 is 5.32 Å². The van der Waals surface area contributed by atoms with Crippen LogP contribution in [0.5, 0.6) is 0 Å². The third-order valence-electron chi connectivity index (χ3n) is 3.40. The number of fused-ring (bicyclic) bond motifs is 1. The van der Waals surface area contributed by atoms with E-state index in [-0.39, 0.29) is 0 Å². The molecular weight excluding hydrogens is 246 g/mol. The molecule has 0 spiro atoms. The smallest absolute Gasteiger partial charge is 0.139 e. The Hall–Kier alpha value is -2.29. The SMILES string of the molecule is CCCCNc1c(-c2ccccc2)nc2ccccn12. The molecule has 0 amide bonds. The fraction of sp³-hybridized carbons (Fsp3) is 0.235. The summed E-state index contributed by atoms with van der Waals surface area (Å²) >= 11 is 0. The van der Waals surface area contributed by atoms with Crippen LogP contribution in [-0.4, -0.2) is 15.9 Å². The number of anilines is 1. The molecule has 2 heterocycles. The van der Waals surface area contributed by atoms with E-state index in [0.29, 0.717) is 0 Å². The van der Waals surface area contributed by atoms with Crippen molar-refractivity contribution in [2.24, 2.45) is 0 Å². The maximum Gasteiger partial charge on any atom is 0.139 e. The van der Waals surface area contributed by atoms with Gasteiger partial charge in [-0.25, -0.2) is 4.98 Å². The Morgan fingerprint density at radius 2 is 1.85 bits per heavy atom. The zero-order valence-electron chi connectivity index (χ0n) is 11.7. The first-order chi connectivity index (χ1) is 9.90. The zero-order chi connectivity index (χ0) is 13.8. The van der Waals surface area contributed by atoms with Gasteiger partial charge in [0, 0.05) is 18.3 Å².